The van der Waals surface area contributed by atoms with Crippen LogP contribution in [0.15, 0.2) is 78.1 Å². The van der Waals surface area contributed by atoms with E-state index < -0.39 is 5.69 Å². The van der Waals surface area contributed by atoms with Crippen LogP contribution >= 0.6 is 0 Å². The van der Waals surface area contributed by atoms with Crippen molar-refractivity contribution >= 4 is 5.91 Å². The van der Waals surface area contributed by atoms with Crippen LogP contribution in [0.3, 0.4) is 0 Å². The van der Waals surface area contributed by atoms with Crippen LogP contribution in [0.25, 0.3) is 22.5 Å². The van der Waals surface area contributed by atoms with Crippen LogP contribution in [0, 0.1) is 0 Å². The van der Waals surface area contributed by atoms with Crippen molar-refractivity contribution in [3.63, 3.8) is 0 Å². The number of aromatic nitrogens is 5. The topological polar surface area (TPSA) is 104 Å². The molecule has 0 bridgehead atoms. The summed E-state index contributed by atoms with van der Waals surface area (Å²) in [6.45, 7) is 0.703. The van der Waals surface area contributed by atoms with Gasteiger partial charge in [0.25, 0.3) is 0 Å². The SMILES string of the molecule is COc1cccc(-c2cc(-c3cccnc3)nn2CCNC(=O)Cn2cccnc2=O)c1. The Morgan fingerprint density at radius 3 is 2.75 bits per heavy atom. The van der Waals surface area contributed by atoms with Crippen molar-refractivity contribution in [1.29, 1.82) is 0 Å². The zero-order chi connectivity index (χ0) is 22.3. The second-order valence-electron chi connectivity index (χ2n) is 6.99. The Labute approximate surface area is 184 Å². The van der Waals surface area contributed by atoms with Gasteiger partial charge in [-0.25, -0.2) is 9.78 Å². The predicted molar refractivity (Wildman–Crippen MR) is 119 cm³/mol. The lowest BCUT2D eigenvalue weighted by molar-refractivity contribution is -0.121. The fourth-order valence-electron chi connectivity index (χ4n) is 3.28. The molecule has 162 valence electrons. The number of nitrogens with zero attached hydrogens (tertiary/aromatic N) is 5. The van der Waals surface area contributed by atoms with Crippen molar-refractivity contribution in [1.82, 2.24) is 29.6 Å². The lowest BCUT2D eigenvalue weighted by atomic mass is 10.1. The molecule has 0 radical (unpaired) electrons. The quantitative estimate of drug-likeness (QED) is 0.459. The van der Waals surface area contributed by atoms with Gasteiger partial charge in [-0.05, 0) is 36.4 Å². The van der Waals surface area contributed by atoms with E-state index in [4.69, 9.17) is 9.84 Å². The van der Waals surface area contributed by atoms with E-state index in [0.717, 1.165) is 28.3 Å². The molecule has 0 atom stereocenters. The number of hydrogen-bond donors (Lipinski definition) is 1. The molecule has 1 amide bonds. The Morgan fingerprint density at radius 2 is 1.97 bits per heavy atom. The summed E-state index contributed by atoms with van der Waals surface area (Å²) >= 11 is 0. The summed E-state index contributed by atoms with van der Waals surface area (Å²) < 4.78 is 8.45. The second kappa shape index (κ2) is 9.69. The van der Waals surface area contributed by atoms with Crippen molar-refractivity contribution in [3.8, 4) is 28.3 Å². The van der Waals surface area contributed by atoms with Crippen LogP contribution in [0.2, 0.25) is 0 Å². The van der Waals surface area contributed by atoms with Gasteiger partial charge < -0.3 is 10.1 Å². The van der Waals surface area contributed by atoms with Crippen molar-refractivity contribution in [2.75, 3.05) is 13.7 Å². The van der Waals surface area contributed by atoms with E-state index in [1.54, 1.807) is 25.6 Å². The normalized spacial score (nSPS) is 10.7. The molecular formula is C23H22N6O3. The van der Waals surface area contributed by atoms with Crippen molar-refractivity contribution < 1.29 is 9.53 Å². The third kappa shape index (κ3) is 4.89. The van der Waals surface area contributed by atoms with Crippen molar-refractivity contribution in [2.45, 2.75) is 13.1 Å². The van der Waals surface area contributed by atoms with E-state index in [0.29, 0.717) is 13.1 Å². The van der Waals surface area contributed by atoms with Gasteiger partial charge >= 0.3 is 5.69 Å². The summed E-state index contributed by atoms with van der Waals surface area (Å²) in [5, 5.41) is 7.56. The summed E-state index contributed by atoms with van der Waals surface area (Å²) in [5.41, 5.74) is 3.05. The van der Waals surface area contributed by atoms with Crippen molar-refractivity contribution in [2.24, 2.45) is 0 Å². The van der Waals surface area contributed by atoms with E-state index in [9.17, 15) is 9.59 Å². The molecule has 1 N–H and O–H groups in total. The summed E-state index contributed by atoms with van der Waals surface area (Å²) in [5.74, 6) is 0.469. The number of methoxy groups -OCH3 is 1. The number of benzene rings is 1. The minimum absolute atomic E-state index is 0.0878. The van der Waals surface area contributed by atoms with Crippen LogP contribution in [0.5, 0.6) is 5.75 Å². The lowest BCUT2D eigenvalue weighted by Crippen LogP contribution is -2.34. The number of pyridine rings is 1. The first-order valence-corrected chi connectivity index (χ1v) is 10.0. The highest BCUT2D eigenvalue weighted by atomic mass is 16.5. The summed E-state index contributed by atoms with van der Waals surface area (Å²) in [6.07, 6.45) is 6.40. The largest absolute Gasteiger partial charge is 0.497 e. The Kier molecular flexibility index (Phi) is 6.35. The van der Waals surface area contributed by atoms with E-state index in [1.165, 1.54) is 17.0 Å². The van der Waals surface area contributed by atoms with Crippen LogP contribution in [0.1, 0.15) is 0 Å². The van der Waals surface area contributed by atoms with E-state index in [2.05, 4.69) is 15.3 Å². The van der Waals surface area contributed by atoms with Crippen LogP contribution < -0.4 is 15.7 Å². The van der Waals surface area contributed by atoms with Crippen molar-refractivity contribution in [3.05, 3.63) is 83.8 Å². The molecule has 32 heavy (non-hydrogen) atoms. The number of hydrogen-bond acceptors (Lipinski definition) is 6. The highest BCUT2D eigenvalue weighted by molar-refractivity contribution is 5.75. The molecule has 4 rings (SSSR count). The fourth-order valence-corrected chi connectivity index (χ4v) is 3.28. The van der Waals surface area contributed by atoms with Gasteiger partial charge in [0.1, 0.15) is 12.3 Å². The standard InChI is InChI=1S/C23H22N6O3/c1-32-19-7-2-5-17(13-19)21-14-20(18-6-3-8-24-15-18)27-29(21)12-10-25-22(30)16-28-11-4-9-26-23(28)31/h2-9,11,13-15H,10,12,16H2,1H3,(H,25,30). The molecule has 1 aromatic carbocycles. The smallest absolute Gasteiger partial charge is 0.347 e. The monoisotopic (exact) mass is 430 g/mol. The Bertz CT molecular complexity index is 1270. The zero-order valence-electron chi connectivity index (χ0n) is 17.5. The maximum absolute atomic E-state index is 12.3. The third-order valence-electron chi connectivity index (χ3n) is 4.85. The molecule has 0 saturated heterocycles. The minimum atomic E-state index is -0.462. The molecule has 0 spiro atoms. The molecule has 3 heterocycles. The molecule has 0 aliphatic carbocycles. The van der Waals surface area contributed by atoms with E-state index in [1.807, 2.05) is 47.1 Å². The van der Waals surface area contributed by atoms with Crippen LogP contribution in [-0.4, -0.2) is 43.9 Å². The third-order valence-corrected chi connectivity index (χ3v) is 4.85. The summed E-state index contributed by atoms with van der Waals surface area (Å²) in [4.78, 5) is 31.8. The molecule has 0 aliphatic heterocycles. The predicted octanol–water partition coefficient (Wildman–Crippen LogP) is 1.99. The molecular weight excluding hydrogens is 408 g/mol. The molecule has 0 fully saturated rings. The Morgan fingerprint density at radius 1 is 1.09 bits per heavy atom. The molecule has 0 aliphatic rings. The second-order valence-corrected chi connectivity index (χ2v) is 6.99. The number of carbonyl (C=O) groups excluding carboxylic acids is 1. The molecule has 3 aromatic heterocycles. The number of amides is 1. The number of rotatable bonds is 8. The van der Waals surface area contributed by atoms with Crippen LogP contribution in [0.4, 0.5) is 0 Å². The first-order chi connectivity index (χ1) is 15.6. The lowest BCUT2D eigenvalue weighted by Gasteiger charge is -2.10. The zero-order valence-corrected chi connectivity index (χ0v) is 17.5. The summed E-state index contributed by atoms with van der Waals surface area (Å²) in [7, 11) is 1.63. The Hall–Kier alpha value is -4.27. The summed E-state index contributed by atoms with van der Waals surface area (Å²) in [6, 6.07) is 15.1. The fraction of sp³-hybridized carbons (Fsp3) is 0.174. The van der Waals surface area contributed by atoms with Gasteiger partial charge in [0.15, 0.2) is 0 Å². The van der Waals surface area contributed by atoms with E-state index >= 15 is 0 Å². The minimum Gasteiger partial charge on any atom is -0.497 e. The molecule has 9 heteroatoms. The molecule has 0 unspecified atom stereocenters. The van der Waals surface area contributed by atoms with Gasteiger partial charge in [-0.2, -0.15) is 5.10 Å². The van der Waals surface area contributed by atoms with Crippen LogP contribution in [-0.2, 0) is 17.9 Å². The highest BCUT2D eigenvalue weighted by Crippen LogP contribution is 2.28. The van der Waals surface area contributed by atoms with Gasteiger partial charge in [-0.15, -0.1) is 0 Å². The van der Waals surface area contributed by atoms with E-state index in [-0.39, 0.29) is 12.5 Å². The highest BCUT2D eigenvalue weighted by Gasteiger charge is 2.13. The van der Waals surface area contributed by atoms with Gasteiger partial charge in [0.05, 0.1) is 25.0 Å². The Balaban J connectivity index is 1.52. The molecule has 0 saturated carbocycles. The number of nitrogens with one attached hydrogen (secondary N) is 1. The number of carbonyl (C=O) groups is 1. The molecule has 4 aromatic rings. The van der Waals surface area contributed by atoms with Gasteiger partial charge in [0.2, 0.25) is 5.91 Å². The maximum Gasteiger partial charge on any atom is 0.347 e. The van der Waals surface area contributed by atoms with Gasteiger partial charge in [-0.1, -0.05) is 12.1 Å². The maximum atomic E-state index is 12.3. The average Bonchev–Trinajstić information content (AvgIpc) is 3.25. The molecule has 9 nitrogen and oxygen atoms in total. The number of ether oxygens (including phenoxy) is 1. The van der Waals surface area contributed by atoms with Gasteiger partial charge in [0, 0.05) is 42.5 Å². The first-order valence-electron chi connectivity index (χ1n) is 10.0. The van der Waals surface area contributed by atoms with Gasteiger partial charge in [-0.3, -0.25) is 19.0 Å². The average molecular weight is 430 g/mol. The first kappa shape index (κ1) is 21.0.